The Hall–Kier alpha value is -1.20. The second-order valence-corrected chi connectivity index (χ2v) is 11.2. The van der Waals surface area contributed by atoms with Gasteiger partial charge in [-0.2, -0.15) is 0 Å². The van der Waals surface area contributed by atoms with Crippen LogP contribution >= 0.6 is 0 Å². The molecule has 5 nitrogen and oxygen atoms in total. The Morgan fingerprint density at radius 3 is 1.87 bits per heavy atom. The number of likely N-dealkylation sites (tertiary alicyclic amines) is 2. The van der Waals surface area contributed by atoms with Crippen molar-refractivity contribution in [3.63, 3.8) is 0 Å². The molecule has 0 bridgehead atoms. The Balaban J connectivity index is 0.000000185. The normalized spacial score (nSPS) is 24.1. The molecule has 4 heterocycles. The molecule has 3 aliphatic heterocycles. The second kappa shape index (κ2) is 11.1. The minimum absolute atomic E-state index is 0.505. The third-order valence-electron chi connectivity index (χ3n) is 7.84. The van der Waals surface area contributed by atoms with Gasteiger partial charge in [0.25, 0.3) is 0 Å². The molecule has 3 aliphatic rings. The molecule has 5 heteroatoms. The van der Waals surface area contributed by atoms with Gasteiger partial charge >= 0.3 is 0 Å². The number of aromatic nitrogens is 2. The first-order valence-corrected chi connectivity index (χ1v) is 12.7. The molecular weight excluding hydrogens is 382 g/mol. The predicted octanol–water partition coefficient (Wildman–Crippen LogP) is 4.75. The summed E-state index contributed by atoms with van der Waals surface area (Å²) in [6.07, 6.45) is 7.93. The first-order chi connectivity index (χ1) is 14.7. The van der Waals surface area contributed by atoms with Gasteiger partial charge in [-0.1, -0.05) is 27.7 Å². The zero-order valence-electron chi connectivity index (χ0n) is 21.2. The molecule has 0 radical (unpaired) electrons. The molecule has 1 unspecified atom stereocenters. The average Bonchev–Trinajstić information content (AvgIpc) is 3.22. The lowest BCUT2D eigenvalue weighted by Crippen LogP contribution is -2.48. The number of hydrogen-bond acceptors (Lipinski definition) is 5. The van der Waals surface area contributed by atoms with E-state index in [2.05, 4.69) is 73.3 Å². The molecule has 31 heavy (non-hydrogen) atoms. The van der Waals surface area contributed by atoms with Crippen molar-refractivity contribution >= 4 is 5.95 Å². The van der Waals surface area contributed by atoms with Crippen LogP contribution in [0.1, 0.15) is 72.3 Å². The Morgan fingerprint density at radius 1 is 0.806 bits per heavy atom. The zero-order chi connectivity index (χ0) is 22.5. The summed E-state index contributed by atoms with van der Waals surface area (Å²) in [5.74, 6) is 5.09. The molecule has 176 valence electrons. The maximum Gasteiger partial charge on any atom is 0.225 e. The summed E-state index contributed by atoms with van der Waals surface area (Å²) in [6.45, 7) is 21.2. The van der Waals surface area contributed by atoms with Crippen LogP contribution in [-0.2, 0) is 0 Å². The highest BCUT2D eigenvalue weighted by Crippen LogP contribution is 2.31. The van der Waals surface area contributed by atoms with E-state index in [4.69, 9.17) is 0 Å². The molecule has 1 atom stereocenters. The van der Waals surface area contributed by atoms with Gasteiger partial charge in [0.15, 0.2) is 0 Å². The lowest BCUT2D eigenvalue weighted by atomic mass is 9.85. The van der Waals surface area contributed by atoms with Gasteiger partial charge in [-0.15, -0.1) is 0 Å². The number of hydrogen-bond donors (Lipinski definition) is 0. The van der Waals surface area contributed by atoms with Gasteiger partial charge in [-0.25, -0.2) is 9.97 Å². The highest BCUT2D eigenvalue weighted by molar-refractivity contribution is 5.31. The third-order valence-corrected chi connectivity index (χ3v) is 7.84. The number of anilines is 1. The summed E-state index contributed by atoms with van der Waals surface area (Å²) in [7, 11) is 2.23. The lowest BCUT2D eigenvalue weighted by Gasteiger charge is -2.40. The molecule has 0 saturated carbocycles. The van der Waals surface area contributed by atoms with E-state index in [0.717, 1.165) is 48.8 Å². The van der Waals surface area contributed by atoms with Crippen LogP contribution in [0.5, 0.6) is 0 Å². The van der Waals surface area contributed by atoms with Crippen molar-refractivity contribution in [1.82, 2.24) is 19.8 Å². The van der Waals surface area contributed by atoms with Crippen LogP contribution in [0.25, 0.3) is 0 Å². The summed E-state index contributed by atoms with van der Waals surface area (Å²) in [5, 5.41) is 0. The van der Waals surface area contributed by atoms with Crippen LogP contribution in [0.2, 0.25) is 0 Å². The number of rotatable bonds is 5. The smallest absolute Gasteiger partial charge is 0.225 e. The lowest BCUT2D eigenvalue weighted by molar-refractivity contribution is 0.0834. The van der Waals surface area contributed by atoms with Crippen molar-refractivity contribution < 1.29 is 0 Å². The minimum atomic E-state index is 0.505. The molecule has 3 saturated heterocycles. The maximum absolute atomic E-state index is 4.51. The number of nitrogens with zero attached hydrogens (tertiary/aromatic N) is 5. The first kappa shape index (κ1) is 24.4. The summed E-state index contributed by atoms with van der Waals surface area (Å²) in [4.78, 5) is 16.4. The van der Waals surface area contributed by atoms with Gasteiger partial charge in [-0.3, -0.25) is 0 Å². The van der Waals surface area contributed by atoms with Crippen molar-refractivity contribution in [1.29, 1.82) is 0 Å². The van der Waals surface area contributed by atoms with Crippen LogP contribution < -0.4 is 4.90 Å². The van der Waals surface area contributed by atoms with E-state index < -0.39 is 0 Å². The van der Waals surface area contributed by atoms with E-state index >= 15 is 0 Å². The van der Waals surface area contributed by atoms with Gasteiger partial charge in [0, 0.05) is 51.2 Å². The Labute approximate surface area is 191 Å². The first-order valence-electron chi connectivity index (χ1n) is 12.7. The molecule has 0 amide bonds. The van der Waals surface area contributed by atoms with E-state index in [1.54, 1.807) is 0 Å². The fourth-order valence-corrected chi connectivity index (χ4v) is 5.27. The quantitative estimate of drug-likeness (QED) is 0.675. The monoisotopic (exact) mass is 429 g/mol. The van der Waals surface area contributed by atoms with E-state index in [0.29, 0.717) is 5.92 Å². The molecule has 0 spiro atoms. The van der Waals surface area contributed by atoms with Crippen molar-refractivity contribution in [2.24, 2.45) is 23.7 Å². The van der Waals surface area contributed by atoms with E-state index in [1.807, 2.05) is 12.4 Å². The Morgan fingerprint density at radius 2 is 1.42 bits per heavy atom. The number of piperidine rings is 1. The van der Waals surface area contributed by atoms with Crippen LogP contribution in [-0.4, -0.2) is 72.1 Å². The predicted molar refractivity (Wildman–Crippen MR) is 132 cm³/mol. The van der Waals surface area contributed by atoms with Gasteiger partial charge in [0.05, 0.1) is 0 Å². The summed E-state index contributed by atoms with van der Waals surface area (Å²) in [5.41, 5.74) is 1.22. The van der Waals surface area contributed by atoms with Gasteiger partial charge in [0.1, 0.15) is 0 Å². The van der Waals surface area contributed by atoms with Crippen molar-refractivity contribution in [3.05, 3.63) is 18.0 Å². The molecule has 0 N–H and O–H groups in total. The van der Waals surface area contributed by atoms with Gasteiger partial charge in [0.2, 0.25) is 5.95 Å². The Kier molecular flexibility index (Phi) is 8.74. The topological polar surface area (TPSA) is 35.5 Å². The van der Waals surface area contributed by atoms with Crippen molar-refractivity contribution in [2.45, 2.75) is 72.8 Å². The minimum Gasteiger partial charge on any atom is -0.341 e. The summed E-state index contributed by atoms with van der Waals surface area (Å²) in [6, 6.07) is 0.753. The molecule has 4 rings (SSSR count). The largest absolute Gasteiger partial charge is 0.341 e. The van der Waals surface area contributed by atoms with Gasteiger partial charge < -0.3 is 14.7 Å². The fraction of sp³-hybridized carbons (Fsp3) is 0.846. The van der Waals surface area contributed by atoms with Crippen LogP contribution in [0.4, 0.5) is 5.95 Å². The molecule has 0 aromatic carbocycles. The van der Waals surface area contributed by atoms with Crippen LogP contribution in [0, 0.1) is 23.7 Å². The van der Waals surface area contributed by atoms with Crippen LogP contribution in [0.15, 0.2) is 12.4 Å². The maximum atomic E-state index is 4.51. The highest BCUT2D eigenvalue weighted by atomic mass is 15.2. The van der Waals surface area contributed by atoms with E-state index in [1.165, 1.54) is 51.0 Å². The van der Waals surface area contributed by atoms with Crippen molar-refractivity contribution in [3.8, 4) is 0 Å². The Bertz CT molecular complexity index is 642. The molecule has 1 aromatic heterocycles. The average molecular weight is 430 g/mol. The van der Waals surface area contributed by atoms with E-state index in [9.17, 15) is 0 Å². The van der Waals surface area contributed by atoms with Crippen molar-refractivity contribution in [2.75, 3.05) is 51.2 Å². The zero-order valence-corrected chi connectivity index (χ0v) is 21.2. The van der Waals surface area contributed by atoms with Crippen LogP contribution in [0.3, 0.4) is 0 Å². The van der Waals surface area contributed by atoms with E-state index in [-0.39, 0.29) is 0 Å². The molecular formula is C26H47N5. The fourth-order valence-electron chi connectivity index (χ4n) is 5.27. The second-order valence-electron chi connectivity index (χ2n) is 11.2. The molecule has 0 aliphatic carbocycles. The summed E-state index contributed by atoms with van der Waals surface area (Å²) >= 11 is 0. The van der Waals surface area contributed by atoms with Gasteiger partial charge in [-0.05, 0) is 81.9 Å². The highest BCUT2D eigenvalue weighted by Gasteiger charge is 2.35. The molecule has 3 fully saturated rings. The summed E-state index contributed by atoms with van der Waals surface area (Å²) < 4.78 is 0. The SMILES string of the molecule is CC(C)N1CCC(C2CN(C)C2)C1.CC(C)c1cnc(N2CCC(C(C)C)CC2)nc1. The third kappa shape index (κ3) is 6.64. The molecule has 1 aromatic rings. The standard InChI is InChI=1S/C15H25N3.C11H22N2/c1-11(2)13-5-7-18(8-6-13)15-16-9-14(10-17-15)12(3)4;1-9(2)13-5-4-10(8-13)11-6-12(3)7-11/h9-13H,5-8H2,1-4H3;9-11H,4-8H2,1-3H3.